The minimum absolute atomic E-state index is 0.881. The van der Waals surface area contributed by atoms with Crippen molar-refractivity contribution in [2.75, 3.05) is 0 Å². The van der Waals surface area contributed by atoms with Gasteiger partial charge in [-0.3, -0.25) is 0 Å². The van der Waals surface area contributed by atoms with Crippen LogP contribution in [0.2, 0.25) is 0 Å². The Bertz CT molecular complexity index is 234. The topological polar surface area (TPSA) is 0 Å². The van der Waals surface area contributed by atoms with Crippen molar-refractivity contribution in [1.29, 1.82) is 0 Å². The molecule has 1 fully saturated rings. The van der Waals surface area contributed by atoms with Gasteiger partial charge in [0.1, 0.15) is 0 Å². The first-order valence-corrected chi connectivity index (χ1v) is 5.19. The van der Waals surface area contributed by atoms with Gasteiger partial charge in [-0.05, 0) is 59.0 Å². The van der Waals surface area contributed by atoms with Crippen LogP contribution < -0.4 is 0 Å². The Kier molecular flexibility index (Phi) is 2.16. The summed E-state index contributed by atoms with van der Waals surface area (Å²) in [5.74, 6) is 0.881. The fourth-order valence-corrected chi connectivity index (χ4v) is 1.84. The lowest BCUT2D eigenvalue weighted by atomic mass is 9.80. The molecule has 1 aromatic rings. The first kappa shape index (κ1) is 7.59. The van der Waals surface area contributed by atoms with E-state index in [9.17, 15) is 0 Å². The monoisotopic (exact) mass is 258 g/mol. The third-order valence-electron chi connectivity index (χ3n) is 2.45. The van der Waals surface area contributed by atoms with Gasteiger partial charge < -0.3 is 0 Å². The van der Waals surface area contributed by atoms with Crippen LogP contribution in [-0.2, 0) is 0 Å². The van der Waals surface area contributed by atoms with Gasteiger partial charge in [0.05, 0.1) is 0 Å². The van der Waals surface area contributed by atoms with E-state index in [0.717, 1.165) is 5.92 Å². The summed E-state index contributed by atoms with van der Waals surface area (Å²) >= 11 is 2.35. The summed E-state index contributed by atoms with van der Waals surface area (Å²) in [5, 5.41) is 0. The van der Waals surface area contributed by atoms with E-state index in [2.05, 4.69) is 46.9 Å². The second kappa shape index (κ2) is 3.13. The highest BCUT2D eigenvalue weighted by atomic mass is 127. The number of halogens is 1. The Balaban J connectivity index is 2.18. The van der Waals surface area contributed by atoms with E-state index in [1.165, 1.54) is 28.4 Å². The molecule has 2 rings (SSSR count). The quantitative estimate of drug-likeness (QED) is 0.675. The molecule has 1 aromatic carbocycles. The average molecular weight is 258 g/mol. The zero-order valence-electron chi connectivity index (χ0n) is 6.39. The third kappa shape index (κ3) is 1.58. The molecule has 58 valence electrons. The van der Waals surface area contributed by atoms with E-state index >= 15 is 0 Å². The summed E-state index contributed by atoms with van der Waals surface area (Å²) in [4.78, 5) is 0. The summed E-state index contributed by atoms with van der Waals surface area (Å²) in [6.07, 6.45) is 4.23. The molecular weight excluding hydrogens is 247 g/mol. The fourth-order valence-electron chi connectivity index (χ4n) is 1.48. The summed E-state index contributed by atoms with van der Waals surface area (Å²) in [6, 6.07) is 8.94. The SMILES string of the molecule is Ic1ccc(C2CCC2)cc1. The number of hydrogen-bond donors (Lipinski definition) is 0. The molecule has 0 bridgehead atoms. The molecule has 0 unspecified atom stereocenters. The van der Waals surface area contributed by atoms with Crippen LogP contribution in [0.4, 0.5) is 0 Å². The van der Waals surface area contributed by atoms with Gasteiger partial charge in [-0.15, -0.1) is 0 Å². The molecule has 0 atom stereocenters. The van der Waals surface area contributed by atoms with Gasteiger partial charge in [0.15, 0.2) is 0 Å². The van der Waals surface area contributed by atoms with Crippen LogP contribution in [0.1, 0.15) is 30.7 Å². The van der Waals surface area contributed by atoms with Crippen LogP contribution in [-0.4, -0.2) is 0 Å². The summed E-state index contributed by atoms with van der Waals surface area (Å²) in [5.41, 5.74) is 1.54. The summed E-state index contributed by atoms with van der Waals surface area (Å²) < 4.78 is 1.34. The van der Waals surface area contributed by atoms with Crippen molar-refractivity contribution in [2.24, 2.45) is 0 Å². The lowest BCUT2D eigenvalue weighted by Crippen LogP contribution is -2.08. The molecule has 0 aromatic heterocycles. The highest BCUT2D eigenvalue weighted by Crippen LogP contribution is 2.36. The first-order valence-electron chi connectivity index (χ1n) is 4.12. The predicted molar refractivity (Wildman–Crippen MR) is 55.8 cm³/mol. The minimum Gasteiger partial charge on any atom is -0.0577 e. The van der Waals surface area contributed by atoms with Crippen LogP contribution >= 0.6 is 22.6 Å². The lowest BCUT2D eigenvalue weighted by molar-refractivity contribution is 0.420. The molecule has 0 spiro atoms. The van der Waals surface area contributed by atoms with Crippen molar-refractivity contribution in [1.82, 2.24) is 0 Å². The van der Waals surface area contributed by atoms with Crippen molar-refractivity contribution >= 4 is 22.6 Å². The highest BCUT2D eigenvalue weighted by Gasteiger charge is 2.18. The normalized spacial score (nSPS) is 17.9. The molecule has 1 aliphatic carbocycles. The molecule has 0 amide bonds. The Morgan fingerprint density at radius 3 is 2.18 bits per heavy atom. The maximum absolute atomic E-state index is 2.35. The second-order valence-electron chi connectivity index (χ2n) is 3.18. The molecule has 1 saturated carbocycles. The molecule has 1 aliphatic rings. The Morgan fingerprint density at radius 1 is 1.09 bits per heavy atom. The Hall–Kier alpha value is -0.0500. The van der Waals surface area contributed by atoms with Crippen molar-refractivity contribution in [3.8, 4) is 0 Å². The minimum atomic E-state index is 0.881. The van der Waals surface area contributed by atoms with E-state index in [1.807, 2.05) is 0 Å². The molecular formula is C10H11I. The maximum atomic E-state index is 2.35. The zero-order chi connectivity index (χ0) is 7.68. The van der Waals surface area contributed by atoms with E-state index in [0.29, 0.717) is 0 Å². The highest BCUT2D eigenvalue weighted by molar-refractivity contribution is 14.1. The van der Waals surface area contributed by atoms with E-state index in [1.54, 1.807) is 0 Å². The Labute approximate surface area is 81.1 Å². The molecule has 0 saturated heterocycles. The van der Waals surface area contributed by atoms with Crippen LogP contribution in [0, 0.1) is 3.57 Å². The van der Waals surface area contributed by atoms with E-state index in [4.69, 9.17) is 0 Å². The average Bonchev–Trinajstić information content (AvgIpc) is 1.90. The molecule has 11 heavy (non-hydrogen) atoms. The van der Waals surface area contributed by atoms with Crippen molar-refractivity contribution < 1.29 is 0 Å². The first-order chi connectivity index (χ1) is 5.36. The van der Waals surface area contributed by atoms with Crippen LogP contribution in [0.3, 0.4) is 0 Å². The van der Waals surface area contributed by atoms with Gasteiger partial charge in [-0.25, -0.2) is 0 Å². The smallest absolute Gasteiger partial charge is 0.0130 e. The number of hydrogen-bond acceptors (Lipinski definition) is 0. The summed E-state index contributed by atoms with van der Waals surface area (Å²) in [7, 11) is 0. The standard InChI is InChI=1S/C10H11I/c11-10-6-4-9(5-7-10)8-2-1-3-8/h4-8H,1-3H2. The van der Waals surface area contributed by atoms with Crippen LogP contribution in [0.15, 0.2) is 24.3 Å². The number of rotatable bonds is 1. The molecule has 0 aliphatic heterocycles. The number of benzene rings is 1. The van der Waals surface area contributed by atoms with Gasteiger partial charge in [-0.2, -0.15) is 0 Å². The van der Waals surface area contributed by atoms with Gasteiger partial charge in [-0.1, -0.05) is 18.6 Å². The van der Waals surface area contributed by atoms with E-state index < -0.39 is 0 Å². The zero-order valence-corrected chi connectivity index (χ0v) is 8.54. The molecule has 0 nitrogen and oxygen atoms in total. The maximum Gasteiger partial charge on any atom is 0.0130 e. The van der Waals surface area contributed by atoms with Crippen LogP contribution in [0.25, 0.3) is 0 Å². The second-order valence-corrected chi connectivity index (χ2v) is 4.43. The van der Waals surface area contributed by atoms with Crippen LogP contribution in [0.5, 0.6) is 0 Å². The summed E-state index contributed by atoms with van der Waals surface area (Å²) in [6.45, 7) is 0. The van der Waals surface area contributed by atoms with Gasteiger partial charge in [0.25, 0.3) is 0 Å². The van der Waals surface area contributed by atoms with Gasteiger partial charge in [0.2, 0.25) is 0 Å². The van der Waals surface area contributed by atoms with E-state index in [-0.39, 0.29) is 0 Å². The molecule has 1 heteroatoms. The van der Waals surface area contributed by atoms with Crippen molar-refractivity contribution in [2.45, 2.75) is 25.2 Å². The molecule has 0 heterocycles. The van der Waals surface area contributed by atoms with Crippen molar-refractivity contribution in [3.05, 3.63) is 33.4 Å². The third-order valence-corrected chi connectivity index (χ3v) is 3.17. The molecule has 0 radical (unpaired) electrons. The van der Waals surface area contributed by atoms with Gasteiger partial charge >= 0.3 is 0 Å². The largest absolute Gasteiger partial charge is 0.0577 e. The van der Waals surface area contributed by atoms with Crippen molar-refractivity contribution in [3.63, 3.8) is 0 Å². The van der Waals surface area contributed by atoms with Gasteiger partial charge in [0, 0.05) is 3.57 Å². The Morgan fingerprint density at radius 2 is 1.73 bits per heavy atom. The lowest BCUT2D eigenvalue weighted by Gasteiger charge is -2.25. The molecule has 0 N–H and O–H groups in total. The fraction of sp³-hybridized carbons (Fsp3) is 0.400. The predicted octanol–water partition coefficient (Wildman–Crippen LogP) is 3.56.